The van der Waals surface area contributed by atoms with Crippen LogP contribution in [0.3, 0.4) is 0 Å². The first-order chi connectivity index (χ1) is 12.5. The first kappa shape index (κ1) is 20.8. The van der Waals surface area contributed by atoms with Crippen LogP contribution in [0.25, 0.3) is 0 Å². The lowest BCUT2D eigenvalue weighted by molar-refractivity contribution is 0.348. The van der Waals surface area contributed by atoms with Gasteiger partial charge >= 0.3 is 0 Å². The Bertz CT molecular complexity index is 792. The van der Waals surface area contributed by atoms with Crippen molar-refractivity contribution in [2.75, 3.05) is 0 Å². The lowest BCUT2D eigenvalue weighted by atomic mass is 9.85. The molecule has 0 radical (unpaired) electrons. The minimum Gasteiger partial charge on any atom is -0.244 e. The van der Waals surface area contributed by atoms with E-state index in [0.29, 0.717) is 0 Å². The minimum atomic E-state index is -1.57. The van der Waals surface area contributed by atoms with Crippen molar-refractivity contribution in [2.45, 2.75) is 49.7 Å². The van der Waals surface area contributed by atoms with Crippen LogP contribution in [0, 0.1) is 10.8 Å². The summed E-state index contributed by atoms with van der Waals surface area (Å²) in [6, 6.07) is 19.9. The Kier molecular flexibility index (Phi) is 5.28. The quantitative estimate of drug-likeness (QED) is 0.564. The van der Waals surface area contributed by atoms with Crippen LogP contribution >= 0.6 is 11.8 Å². The van der Waals surface area contributed by atoms with Crippen LogP contribution in [-0.4, -0.2) is 8.42 Å². The van der Waals surface area contributed by atoms with Crippen LogP contribution in [0.15, 0.2) is 60.7 Å². The molecule has 1 aliphatic rings. The summed E-state index contributed by atoms with van der Waals surface area (Å²) in [5.74, 6) is 0. The number of thioether (sulfide) groups is 1. The third kappa shape index (κ3) is 2.97. The molecule has 1 fully saturated rings. The van der Waals surface area contributed by atoms with E-state index in [1.807, 2.05) is 60.7 Å². The molecule has 0 spiro atoms. The Balaban J connectivity index is 2.36. The fourth-order valence-corrected chi connectivity index (χ4v) is 13.9. The Morgan fingerprint density at radius 3 is 1.19 bits per heavy atom. The van der Waals surface area contributed by atoms with E-state index in [4.69, 9.17) is 0 Å². The van der Waals surface area contributed by atoms with Gasteiger partial charge in [-0.1, -0.05) is 102 Å². The van der Waals surface area contributed by atoms with Gasteiger partial charge in [0.05, 0.1) is 0 Å². The molecule has 0 aromatic heterocycles. The molecular formula is C22H28O2S3. The van der Waals surface area contributed by atoms with Gasteiger partial charge in [-0.05, 0) is 22.0 Å². The van der Waals surface area contributed by atoms with Gasteiger partial charge in [0.25, 0.3) is 0 Å². The van der Waals surface area contributed by atoms with Crippen LogP contribution in [0.2, 0.25) is 0 Å². The van der Waals surface area contributed by atoms with Gasteiger partial charge < -0.3 is 0 Å². The van der Waals surface area contributed by atoms with Gasteiger partial charge in [0.2, 0.25) is 0 Å². The summed E-state index contributed by atoms with van der Waals surface area (Å²) in [5, 5.41) is 0. The van der Waals surface area contributed by atoms with Crippen LogP contribution in [0.1, 0.15) is 52.7 Å². The molecule has 4 atom stereocenters. The summed E-state index contributed by atoms with van der Waals surface area (Å²) in [6.07, 6.45) is 0. The Labute approximate surface area is 171 Å². The van der Waals surface area contributed by atoms with Gasteiger partial charge in [0, 0.05) is 0 Å². The van der Waals surface area contributed by atoms with Crippen molar-refractivity contribution in [3.8, 4) is 0 Å². The first-order valence-electron chi connectivity index (χ1n) is 9.14. The molecule has 3 rings (SSSR count). The molecule has 0 bridgehead atoms. The maximum atomic E-state index is 13.9. The maximum absolute atomic E-state index is 13.9. The standard InChI is InChI=1S/C22H28O2S3/c1-19(2,3)21(17-13-9-7-10-14-17)25-22(20(4,5)6,27(24)26(21)23)18-15-11-8-12-16-18/h7-16H,1-6H3/t21-,22-,26+,27+/m0/s1. The van der Waals surface area contributed by atoms with E-state index in [-0.39, 0.29) is 10.8 Å². The van der Waals surface area contributed by atoms with Crippen molar-refractivity contribution in [2.24, 2.45) is 10.8 Å². The van der Waals surface area contributed by atoms with Crippen molar-refractivity contribution in [1.82, 2.24) is 0 Å². The van der Waals surface area contributed by atoms with E-state index < -0.39 is 27.8 Å². The predicted octanol–water partition coefficient (Wildman–Crippen LogP) is 5.94. The van der Waals surface area contributed by atoms with Crippen molar-refractivity contribution in [3.05, 3.63) is 71.8 Å². The molecule has 27 heavy (non-hydrogen) atoms. The summed E-state index contributed by atoms with van der Waals surface area (Å²) in [4.78, 5) is 0. The van der Waals surface area contributed by atoms with E-state index in [0.717, 1.165) is 11.1 Å². The molecule has 0 saturated carbocycles. The largest absolute Gasteiger partial charge is 0.244 e. The molecule has 1 aliphatic heterocycles. The summed E-state index contributed by atoms with van der Waals surface area (Å²) in [6.45, 7) is 12.6. The highest BCUT2D eigenvalue weighted by molar-refractivity contribution is 8.69. The third-order valence-corrected chi connectivity index (χ3v) is 14.7. The molecule has 2 aromatic carbocycles. The van der Waals surface area contributed by atoms with E-state index in [1.165, 1.54) is 0 Å². The van der Waals surface area contributed by atoms with Crippen LogP contribution in [-0.2, 0) is 27.8 Å². The molecule has 2 aromatic rings. The Hall–Kier alpha value is -0.910. The molecule has 0 amide bonds. The molecule has 0 N–H and O–H groups in total. The van der Waals surface area contributed by atoms with Gasteiger partial charge in [0.15, 0.2) is 0 Å². The predicted molar refractivity (Wildman–Crippen MR) is 119 cm³/mol. The number of benzene rings is 2. The number of hydrogen-bond donors (Lipinski definition) is 0. The second kappa shape index (κ2) is 6.85. The summed E-state index contributed by atoms with van der Waals surface area (Å²) in [5.41, 5.74) is 1.27. The van der Waals surface area contributed by atoms with Crippen LogP contribution in [0.5, 0.6) is 0 Å². The normalized spacial score (nSPS) is 31.8. The van der Waals surface area contributed by atoms with Crippen molar-refractivity contribution in [3.63, 3.8) is 0 Å². The van der Waals surface area contributed by atoms with Gasteiger partial charge in [-0.2, -0.15) is 0 Å². The molecule has 0 aliphatic carbocycles. The average Bonchev–Trinajstić information content (AvgIpc) is 2.86. The molecule has 1 heterocycles. The zero-order valence-electron chi connectivity index (χ0n) is 16.8. The van der Waals surface area contributed by atoms with Gasteiger partial charge in [-0.3, -0.25) is 0 Å². The minimum absolute atomic E-state index is 0.346. The maximum Gasteiger partial charge on any atom is 0.135 e. The highest BCUT2D eigenvalue weighted by atomic mass is 33.1. The lowest BCUT2D eigenvalue weighted by Gasteiger charge is -2.44. The van der Waals surface area contributed by atoms with Crippen molar-refractivity contribution in [1.29, 1.82) is 0 Å². The molecular weight excluding hydrogens is 392 g/mol. The number of rotatable bonds is 2. The summed E-state index contributed by atoms with van der Waals surface area (Å²) >= 11 is 1.64. The highest BCUT2D eigenvalue weighted by Gasteiger charge is 2.69. The second-order valence-electron chi connectivity index (χ2n) is 9.04. The Morgan fingerprint density at radius 2 is 0.926 bits per heavy atom. The highest BCUT2D eigenvalue weighted by Crippen LogP contribution is 2.71. The summed E-state index contributed by atoms with van der Waals surface area (Å²) in [7, 11) is -3.13. The molecule has 1 saturated heterocycles. The van der Waals surface area contributed by atoms with E-state index in [9.17, 15) is 8.42 Å². The zero-order valence-corrected chi connectivity index (χ0v) is 19.3. The SMILES string of the molecule is CC(C)(C)[C@@]1(c2ccccc2)S[C@](c2ccccc2)(C(C)(C)C)[S@](=O)[S@]1=O. The fraction of sp³-hybridized carbons (Fsp3) is 0.455. The molecule has 5 heteroatoms. The lowest BCUT2D eigenvalue weighted by Crippen LogP contribution is -2.40. The fourth-order valence-electron chi connectivity index (χ4n) is 3.78. The van der Waals surface area contributed by atoms with Crippen molar-refractivity contribution >= 4 is 31.4 Å². The number of hydrogen-bond acceptors (Lipinski definition) is 3. The van der Waals surface area contributed by atoms with Gasteiger partial charge in [-0.25, -0.2) is 8.42 Å². The van der Waals surface area contributed by atoms with Gasteiger partial charge in [-0.15, -0.1) is 11.8 Å². The van der Waals surface area contributed by atoms with E-state index in [1.54, 1.807) is 11.8 Å². The first-order valence-corrected chi connectivity index (χ1v) is 12.8. The summed E-state index contributed by atoms with van der Waals surface area (Å²) < 4.78 is 26.3. The monoisotopic (exact) mass is 420 g/mol. The Morgan fingerprint density at radius 1 is 0.630 bits per heavy atom. The van der Waals surface area contributed by atoms with E-state index in [2.05, 4.69) is 41.5 Å². The average molecular weight is 421 g/mol. The van der Waals surface area contributed by atoms with Crippen LogP contribution < -0.4 is 0 Å². The smallest absolute Gasteiger partial charge is 0.135 e. The third-order valence-electron chi connectivity index (χ3n) is 5.18. The second-order valence-corrected chi connectivity index (χ2v) is 15.0. The molecule has 2 nitrogen and oxygen atoms in total. The van der Waals surface area contributed by atoms with Crippen LogP contribution in [0.4, 0.5) is 0 Å². The topological polar surface area (TPSA) is 34.1 Å². The molecule has 0 unspecified atom stereocenters. The van der Waals surface area contributed by atoms with Gasteiger partial charge in [0.1, 0.15) is 27.8 Å². The van der Waals surface area contributed by atoms with E-state index >= 15 is 0 Å². The van der Waals surface area contributed by atoms with Crippen molar-refractivity contribution < 1.29 is 8.42 Å². The zero-order chi connectivity index (χ0) is 20.1. The molecule has 146 valence electrons.